The Balaban J connectivity index is 1.99. The van der Waals surface area contributed by atoms with Crippen molar-refractivity contribution >= 4 is 22.2 Å². The lowest BCUT2D eigenvalue weighted by Crippen LogP contribution is -2.29. The second kappa shape index (κ2) is 3.25. The minimum absolute atomic E-state index is 0.784. The Bertz CT molecular complexity index is 996. The van der Waals surface area contributed by atoms with E-state index in [0.717, 1.165) is 40.3 Å². The van der Waals surface area contributed by atoms with Crippen LogP contribution >= 0.6 is 0 Å². The van der Waals surface area contributed by atoms with Crippen molar-refractivity contribution in [3.05, 3.63) is 42.5 Å². The van der Waals surface area contributed by atoms with Crippen LogP contribution in [0.4, 0.5) is 0 Å². The minimum Gasteiger partial charge on any atom is -0.419 e. The first kappa shape index (κ1) is 10.1. The summed E-state index contributed by atoms with van der Waals surface area (Å²) in [5.74, 6) is 1.15. The highest BCUT2D eigenvalue weighted by atomic mass is 16.3. The van der Waals surface area contributed by atoms with Gasteiger partial charge >= 0.3 is 5.71 Å². The van der Waals surface area contributed by atoms with Gasteiger partial charge in [0, 0.05) is 24.7 Å². The molecule has 0 radical (unpaired) electrons. The van der Waals surface area contributed by atoms with E-state index in [-0.39, 0.29) is 0 Å². The number of fused-ring (bicyclic) bond motifs is 7. The van der Waals surface area contributed by atoms with Crippen molar-refractivity contribution in [1.82, 2.24) is 14.5 Å². The molecular formula is C15H11N4O+. The summed E-state index contributed by atoms with van der Waals surface area (Å²) < 4.78 is 10.3. The van der Waals surface area contributed by atoms with E-state index in [1.165, 1.54) is 5.56 Å². The molecule has 0 saturated heterocycles. The summed E-state index contributed by atoms with van der Waals surface area (Å²) in [5, 5.41) is 1.05. The van der Waals surface area contributed by atoms with Crippen molar-refractivity contribution in [1.29, 1.82) is 0 Å². The average Bonchev–Trinajstić information content (AvgIpc) is 3.10. The number of hydrogen-bond acceptors (Lipinski definition) is 3. The van der Waals surface area contributed by atoms with Crippen molar-refractivity contribution in [3.8, 4) is 11.4 Å². The molecule has 0 fully saturated rings. The van der Waals surface area contributed by atoms with Gasteiger partial charge in [-0.1, -0.05) is 0 Å². The highest BCUT2D eigenvalue weighted by Gasteiger charge is 2.36. The fourth-order valence-electron chi connectivity index (χ4n) is 3.18. The molecule has 0 aromatic carbocycles. The van der Waals surface area contributed by atoms with Gasteiger partial charge in [0.05, 0.1) is 23.7 Å². The smallest absolute Gasteiger partial charge is 0.339 e. The van der Waals surface area contributed by atoms with Gasteiger partial charge in [0.25, 0.3) is 5.82 Å². The van der Waals surface area contributed by atoms with Gasteiger partial charge in [0.1, 0.15) is 12.1 Å². The quantitative estimate of drug-likeness (QED) is 0.402. The maximum absolute atomic E-state index is 5.98. The molecule has 4 aromatic rings. The molecule has 5 heterocycles. The van der Waals surface area contributed by atoms with Crippen molar-refractivity contribution in [2.45, 2.75) is 6.54 Å². The summed E-state index contributed by atoms with van der Waals surface area (Å²) >= 11 is 0. The van der Waals surface area contributed by atoms with E-state index in [1.807, 2.05) is 31.6 Å². The van der Waals surface area contributed by atoms with E-state index in [2.05, 4.69) is 25.2 Å². The predicted octanol–water partition coefficient (Wildman–Crippen LogP) is 2.03. The summed E-state index contributed by atoms with van der Waals surface area (Å²) in [6, 6.07) is 5.99. The zero-order valence-corrected chi connectivity index (χ0v) is 10.9. The van der Waals surface area contributed by atoms with E-state index in [1.54, 1.807) is 6.20 Å². The third-order valence-corrected chi connectivity index (χ3v) is 4.03. The molecule has 0 aliphatic carbocycles. The topological polar surface area (TPSA) is 47.7 Å². The molecule has 4 aromatic heterocycles. The number of aromatic nitrogens is 4. The molecule has 0 saturated carbocycles. The predicted molar refractivity (Wildman–Crippen MR) is 73.0 cm³/mol. The average molecular weight is 263 g/mol. The third kappa shape index (κ3) is 1.02. The van der Waals surface area contributed by atoms with Crippen LogP contribution in [0.3, 0.4) is 0 Å². The molecule has 5 heteroatoms. The van der Waals surface area contributed by atoms with Gasteiger partial charge in [-0.2, -0.15) is 4.57 Å². The number of pyridine rings is 2. The van der Waals surface area contributed by atoms with Gasteiger partial charge in [0.15, 0.2) is 0 Å². The molecule has 0 bridgehead atoms. The monoisotopic (exact) mass is 263 g/mol. The highest BCUT2D eigenvalue weighted by molar-refractivity contribution is 6.01. The third-order valence-electron chi connectivity index (χ3n) is 4.03. The standard InChI is InChI=1S/C15H11N4O/c1-18-14-9-3-2-5-17-11(9)8-19(14)13-10-7-16-6-4-12(10)20-15(13)18/h2-7H,8H2,1H3/q+1. The Morgan fingerprint density at radius 2 is 2.25 bits per heavy atom. The zero-order valence-electron chi connectivity index (χ0n) is 10.9. The van der Waals surface area contributed by atoms with Gasteiger partial charge in [0.2, 0.25) is 5.52 Å². The lowest BCUT2D eigenvalue weighted by Gasteiger charge is -1.93. The number of nitrogens with zero attached hydrogens (tertiary/aromatic N) is 4. The lowest BCUT2D eigenvalue weighted by molar-refractivity contribution is -0.640. The summed E-state index contributed by atoms with van der Waals surface area (Å²) in [7, 11) is 2.03. The van der Waals surface area contributed by atoms with Gasteiger partial charge in [-0.3, -0.25) is 9.97 Å². The number of imidazole rings is 1. The van der Waals surface area contributed by atoms with Gasteiger partial charge in [-0.25, -0.2) is 4.57 Å². The molecule has 0 unspecified atom stereocenters. The largest absolute Gasteiger partial charge is 0.419 e. The van der Waals surface area contributed by atoms with Crippen LogP contribution in [0, 0.1) is 0 Å². The van der Waals surface area contributed by atoms with Crippen LogP contribution in [0.1, 0.15) is 5.69 Å². The number of aryl methyl sites for hydroxylation is 1. The van der Waals surface area contributed by atoms with Crippen LogP contribution in [-0.2, 0) is 13.6 Å². The Hall–Kier alpha value is -2.69. The first-order valence-electron chi connectivity index (χ1n) is 6.53. The molecule has 5 rings (SSSR count). The Kier molecular flexibility index (Phi) is 1.65. The number of hydrogen-bond donors (Lipinski definition) is 0. The lowest BCUT2D eigenvalue weighted by atomic mass is 10.2. The van der Waals surface area contributed by atoms with E-state index in [9.17, 15) is 0 Å². The van der Waals surface area contributed by atoms with Gasteiger partial charge in [-0.05, 0) is 12.1 Å². The first-order chi connectivity index (χ1) is 9.84. The molecule has 0 N–H and O–H groups in total. The first-order valence-corrected chi connectivity index (χ1v) is 6.53. The fourth-order valence-corrected chi connectivity index (χ4v) is 3.18. The van der Waals surface area contributed by atoms with E-state index in [4.69, 9.17) is 4.42 Å². The van der Waals surface area contributed by atoms with Gasteiger partial charge < -0.3 is 4.42 Å². The van der Waals surface area contributed by atoms with Crippen LogP contribution < -0.4 is 4.57 Å². The molecule has 0 spiro atoms. The Morgan fingerprint density at radius 3 is 3.20 bits per heavy atom. The summed E-state index contributed by atoms with van der Waals surface area (Å²) in [5.41, 5.74) is 5.15. The second-order valence-electron chi connectivity index (χ2n) is 5.09. The summed E-state index contributed by atoms with van der Waals surface area (Å²) in [6.45, 7) is 0.784. The van der Waals surface area contributed by atoms with Crippen molar-refractivity contribution in [2.75, 3.05) is 0 Å². The van der Waals surface area contributed by atoms with Crippen molar-refractivity contribution in [3.63, 3.8) is 0 Å². The van der Waals surface area contributed by atoms with E-state index >= 15 is 0 Å². The number of furan rings is 1. The van der Waals surface area contributed by atoms with Crippen LogP contribution in [-0.4, -0.2) is 14.5 Å². The molecular weight excluding hydrogens is 252 g/mol. The Labute approximate surface area is 114 Å². The van der Waals surface area contributed by atoms with Crippen LogP contribution in [0.25, 0.3) is 33.6 Å². The zero-order chi connectivity index (χ0) is 13.3. The maximum Gasteiger partial charge on any atom is 0.339 e. The second-order valence-corrected chi connectivity index (χ2v) is 5.09. The number of rotatable bonds is 0. The molecule has 20 heavy (non-hydrogen) atoms. The van der Waals surface area contributed by atoms with Crippen LogP contribution in [0.2, 0.25) is 0 Å². The maximum atomic E-state index is 5.98. The van der Waals surface area contributed by atoms with Gasteiger partial charge in [-0.15, -0.1) is 0 Å². The van der Waals surface area contributed by atoms with Crippen LogP contribution in [0.15, 0.2) is 41.2 Å². The fraction of sp³-hybridized carbons (Fsp3) is 0.133. The molecule has 5 nitrogen and oxygen atoms in total. The van der Waals surface area contributed by atoms with Crippen molar-refractivity contribution < 1.29 is 8.98 Å². The summed E-state index contributed by atoms with van der Waals surface area (Å²) in [6.07, 6.45) is 5.47. The Morgan fingerprint density at radius 1 is 1.30 bits per heavy atom. The van der Waals surface area contributed by atoms with E-state index < -0.39 is 0 Å². The highest BCUT2D eigenvalue weighted by Crippen LogP contribution is 2.36. The molecule has 1 aliphatic heterocycles. The minimum atomic E-state index is 0.784. The SMILES string of the molecule is C[n+]1c2n(c3c4cnccc4oc31)Cc1ncccc1-2. The molecule has 96 valence electrons. The molecule has 1 aliphatic rings. The van der Waals surface area contributed by atoms with E-state index in [0.29, 0.717) is 0 Å². The normalized spacial score (nSPS) is 13.1. The molecule has 0 atom stereocenters. The van der Waals surface area contributed by atoms with Crippen LogP contribution in [0.5, 0.6) is 0 Å². The summed E-state index contributed by atoms with van der Waals surface area (Å²) in [4.78, 5) is 8.70. The molecule has 0 amide bonds. The van der Waals surface area contributed by atoms with Crippen molar-refractivity contribution in [2.24, 2.45) is 7.05 Å².